The molecule has 11 nitrogen and oxygen atoms in total. The number of urea groups is 2. The van der Waals surface area contributed by atoms with Gasteiger partial charge in [-0.3, -0.25) is 0 Å². The lowest BCUT2D eigenvalue weighted by atomic mass is 9.74. The number of carbonyl (C=O) groups excluding carboxylic acids is 2. The fourth-order valence-corrected chi connectivity index (χ4v) is 9.04. The first-order valence-corrected chi connectivity index (χ1v) is 18.7. The van der Waals surface area contributed by atoms with E-state index in [9.17, 15) is 14.9 Å². The maximum atomic E-state index is 13.4. The van der Waals surface area contributed by atoms with Crippen LogP contribution in [0, 0.1) is 30.1 Å². The van der Waals surface area contributed by atoms with Gasteiger partial charge in [-0.05, 0) is 106 Å². The molecule has 4 amide bonds. The second-order valence-corrected chi connectivity index (χ2v) is 15.5. The number of hydrogen-bond acceptors (Lipinski definition) is 6. The Hall–Kier alpha value is -5.37. The fraction of sp³-hybridized carbons (Fsp3) is 0.439. The van der Waals surface area contributed by atoms with E-state index < -0.39 is 0 Å². The van der Waals surface area contributed by atoms with Crippen LogP contribution in [0.1, 0.15) is 81.8 Å². The predicted octanol–water partition coefficient (Wildman–Crippen LogP) is 7.09. The van der Waals surface area contributed by atoms with Crippen LogP contribution >= 0.6 is 0 Å². The average molecular weight is 697 g/mol. The van der Waals surface area contributed by atoms with E-state index in [1.165, 1.54) is 0 Å². The van der Waals surface area contributed by atoms with Gasteiger partial charge >= 0.3 is 12.1 Å². The van der Waals surface area contributed by atoms with Gasteiger partial charge in [-0.25, -0.2) is 24.5 Å². The smallest absolute Gasteiger partial charge is 0.318 e. The Morgan fingerprint density at radius 2 is 1.42 bits per heavy atom. The summed E-state index contributed by atoms with van der Waals surface area (Å²) in [5, 5.41) is 16.3. The molecule has 8 rings (SSSR count). The number of benzene rings is 2. The lowest BCUT2D eigenvalue weighted by Gasteiger charge is -2.54. The summed E-state index contributed by atoms with van der Waals surface area (Å²) >= 11 is 0. The Morgan fingerprint density at radius 1 is 0.827 bits per heavy atom. The normalized spacial score (nSPS) is 24.3. The van der Waals surface area contributed by atoms with Crippen molar-refractivity contribution in [3.8, 4) is 28.7 Å². The van der Waals surface area contributed by atoms with Crippen LogP contribution in [0.3, 0.4) is 0 Å². The zero-order valence-electron chi connectivity index (χ0n) is 30.3. The molecular formula is C41H46N9O2+. The van der Waals surface area contributed by atoms with E-state index in [1.807, 2.05) is 70.0 Å². The lowest BCUT2D eigenvalue weighted by Crippen LogP contribution is -2.63. The number of carbonyl (C=O) groups is 2. The molecule has 4 unspecified atom stereocenters. The maximum absolute atomic E-state index is 13.4. The molecule has 0 spiro atoms. The quantitative estimate of drug-likeness (QED) is 0.198. The van der Waals surface area contributed by atoms with Crippen LogP contribution in [-0.4, -0.2) is 61.0 Å². The fourth-order valence-electron chi connectivity index (χ4n) is 9.04. The number of rotatable bonds is 7. The first kappa shape index (κ1) is 33.8. The molecule has 52 heavy (non-hydrogen) atoms. The van der Waals surface area contributed by atoms with Gasteiger partial charge in [0.1, 0.15) is 11.8 Å². The molecule has 0 radical (unpaired) electrons. The molecule has 6 heterocycles. The van der Waals surface area contributed by atoms with Crippen molar-refractivity contribution in [3.63, 3.8) is 0 Å². The van der Waals surface area contributed by atoms with Crippen LogP contribution in [0.4, 0.5) is 21.0 Å². The SMILES string of the molecule is CCc1ccnc(-c2cc(NC(=O)N3C4CC(C)CC3C4)ccc2C[n+]2cc(C#N)nc(-c3cc(NC(=O)N4C5CC(C)CC4C5)ccc3C)c2)n1. The standard InChI is InChI=1S/C41H45N9O2/c1-5-28-10-11-43-39(45-28)37-17-30(47-41(52)50-34-14-25(3)15-35(50)19-34)9-7-27(37)21-48-22-31(20-42)44-38(23-48)36-16-29(8-6-26(36)4)46-40(51)49-32-12-24(2)13-33(49)18-32/h6-11,16-17,22-25,32-35H,5,12-15,18-19,21H2,1-4H3,(H-,46,47,51,52)/p+1. The Kier molecular flexibility index (Phi) is 8.85. The van der Waals surface area contributed by atoms with E-state index in [4.69, 9.17) is 4.98 Å². The van der Waals surface area contributed by atoms with E-state index in [0.717, 1.165) is 72.9 Å². The summed E-state index contributed by atoms with van der Waals surface area (Å²) in [5.41, 5.74) is 6.77. The summed E-state index contributed by atoms with van der Waals surface area (Å²) < 4.78 is 1.96. The minimum absolute atomic E-state index is 0.0550. The van der Waals surface area contributed by atoms with Gasteiger partial charge < -0.3 is 20.4 Å². The number of anilines is 2. The van der Waals surface area contributed by atoms with Gasteiger partial charge in [0.2, 0.25) is 11.9 Å². The number of nitrogens with zero attached hydrogens (tertiary/aromatic N) is 7. The molecule has 0 saturated carbocycles. The molecule has 4 aliphatic heterocycles. The van der Waals surface area contributed by atoms with Crippen molar-refractivity contribution < 1.29 is 14.2 Å². The van der Waals surface area contributed by atoms with Crippen LogP contribution < -0.4 is 15.2 Å². The van der Waals surface area contributed by atoms with Crippen LogP contribution in [0.15, 0.2) is 61.1 Å². The average Bonchev–Trinajstić information content (AvgIpc) is 3.12. The molecule has 11 heteroatoms. The number of hydrogen-bond donors (Lipinski definition) is 2. The number of fused-ring (bicyclic) bond motifs is 4. The molecule has 4 aliphatic rings. The van der Waals surface area contributed by atoms with Crippen LogP contribution in [0.25, 0.3) is 22.6 Å². The van der Waals surface area contributed by atoms with Crippen molar-refractivity contribution in [2.24, 2.45) is 11.8 Å². The van der Waals surface area contributed by atoms with Crippen LogP contribution in [0.5, 0.6) is 0 Å². The van der Waals surface area contributed by atoms with Crippen molar-refractivity contribution in [2.45, 2.75) is 103 Å². The number of nitrogens with one attached hydrogen (secondary N) is 2. The van der Waals surface area contributed by atoms with Crippen LogP contribution in [-0.2, 0) is 13.0 Å². The molecule has 0 aliphatic carbocycles. The summed E-state index contributed by atoms with van der Waals surface area (Å²) in [6.45, 7) is 9.01. The predicted molar refractivity (Wildman–Crippen MR) is 198 cm³/mol. The minimum Gasteiger partial charge on any atom is -0.318 e. The third-order valence-corrected chi connectivity index (χ3v) is 11.6. The van der Waals surface area contributed by atoms with Gasteiger partial charge in [-0.2, -0.15) is 9.83 Å². The second kappa shape index (κ2) is 13.6. The number of piperidine rings is 2. The summed E-state index contributed by atoms with van der Waals surface area (Å²) in [6.07, 6.45) is 12.6. The number of amides is 4. The zero-order valence-corrected chi connectivity index (χ0v) is 30.3. The summed E-state index contributed by atoms with van der Waals surface area (Å²) in [6, 6.07) is 17.0. The highest BCUT2D eigenvalue weighted by Crippen LogP contribution is 2.42. The highest BCUT2D eigenvalue weighted by Gasteiger charge is 2.47. The van der Waals surface area contributed by atoms with E-state index in [2.05, 4.69) is 47.4 Å². The monoisotopic (exact) mass is 696 g/mol. The number of aromatic nitrogens is 4. The van der Waals surface area contributed by atoms with E-state index >= 15 is 0 Å². The zero-order chi connectivity index (χ0) is 36.1. The van der Waals surface area contributed by atoms with Gasteiger partial charge in [0.25, 0.3) is 0 Å². The van der Waals surface area contributed by atoms with Gasteiger partial charge in [0.15, 0.2) is 18.6 Å². The molecule has 2 aromatic carbocycles. The Labute approximate surface area is 305 Å². The highest BCUT2D eigenvalue weighted by atomic mass is 16.2. The van der Waals surface area contributed by atoms with Crippen molar-refractivity contribution in [3.05, 3.63) is 83.6 Å². The largest absolute Gasteiger partial charge is 0.322 e. The summed E-state index contributed by atoms with van der Waals surface area (Å²) in [5.74, 6) is 1.89. The molecule has 2 aromatic heterocycles. The number of nitriles is 1. The topological polar surface area (TPSA) is 131 Å². The first-order chi connectivity index (χ1) is 25.1. The third-order valence-electron chi connectivity index (χ3n) is 11.6. The Bertz CT molecular complexity index is 2070. The Balaban J connectivity index is 1.07. The highest BCUT2D eigenvalue weighted by molar-refractivity contribution is 5.92. The van der Waals surface area contributed by atoms with Crippen molar-refractivity contribution in [1.29, 1.82) is 5.26 Å². The van der Waals surface area contributed by atoms with E-state index in [-0.39, 0.29) is 17.8 Å². The first-order valence-electron chi connectivity index (χ1n) is 18.7. The Morgan fingerprint density at radius 3 is 2.02 bits per heavy atom. The van der Waals surface area contributed by atoms with Crippen LogP contribution in [0.2, 0.25) is 0 Å². The van der Waals surface area contributed by atoms with Gasteiger partial charge in [-0.1, -0.05) is 26.8 Å². The van der Waals surface area contributed by atoms with Crippen molar-refractivity contribution in [2.75, 3.05) is 10.6 Å². The molecule has 4 aromatic rings. The molecule has 4 bridgehead atoms. The summed E-state index contributed by atoms with van der Waals surface area (Å²) in [7, 11) is 0. The lowest BCUT2D eigenvalue weighted by molar-refractivity contribution is -0.688. The summed E-state index contributed by atoms with van der Waals surface area (Å²) in [4.78, 5) is 44.9. The molecule has 2 N–H and O–H groups in total. The van der Waals surface area contributed by atoms with Crippen molar-refractivity contribution in [1.82, 2.24) is 24.8 Å². The van der Waals surface area contributed by atoms with Crippen molar-refractivity contribution >= 4 is 23.4 Å². The van der Waals surface area contributed by atoms with E-state index in [1.54, 1.807) is 12.4 Å². The molecule has 4 fully saturated rings. The second-order valence-electron chi connectivity index (χ2n) is 15.5. The maximum Gasteiger partial charge on any atom is 0.322 e. The van der Waals surface area contributed by atoms with Gasteiger partial charge in [0.05, 0.1) is 0 Å². The molecule has 266 valence electrons. The molecule has 4 atom stereocenters. The van der Waals surface area contributed by atoms with Gasteiger partial charge in [-0.15, -0.1) is 0 Å². The number of aryl methyl sites for hydroxylation is 2. The molecular weight excluding hydrogens is 651 g/mol. The van der Waals surface area contributed by atoms with Gasteiger partial charge in [0, 0.05) is 64.1 Å². The minimum atomic E-state index is -0.0574. The molecule has 4 saturated heterocycles. The van der Waals surface area contributed by atoms with E-state index in [0.29, 0.717) is 65.4 Å². The third kappa shape index (κ3) is 6.47.